The van der Waals surface area contributed by atoms with Gasteiger partial charge in [0.05, 0.1) is 0 Å². The number of amides is 1. The second-order valence-electron chi connectivity index (χ2n) is 7.22. The van der Waals surface area contributed by atoms with Gasteiger partial charge >= 0.3 is 0 Å². The van der Waals surface area contributed by atoms with E-state index in [0.29, 0.717) is 24.6 Å². The molecule has 0 radical (unpaired) electrons. The summed E-state index contributed by atoms with van der Waals surface area (Å²) in [5.41, 5.74) is 2.33. The molecule has 1 atom stereocenters. The molecule has 4 rings (SSSR count). The molecule has 27 heavy (non-hydrogen) atoms. The van der Waals surface area contributed by atoms with Crippen LogP contribution in [0, 0.1) is 19.8 Å². The fraction of sp³-hybridized carbons (Fsp3) is 0.421. The molecule has 8 heteroatoms. The van der Waals surface area contributed by atoms with Gasteiger partial charge < -0.3 is 9.88 Å². The van der Waals surface area contributed by atoms with Crippen molar-refractivity contribution in [1.82, 2.24) is 29.9 Å². The van der Waals surface area contributed by atoms with Crippen molar-refractivity contribution in [2.45, 2.75) is 33.2 Å². The number of carbonyl (C=O) groups excluding carboxylic acids is 1. The normalized spacial score (nSPS) is 17.4. The van der Waals surface area contributed by atoms with E-state index in [-0.39, 0.29) is 22.9 Å². The van der Waals surface area contributed by atoms with Gasteiger partial charge in [-0.05, 0) is 44.7 Å². The Bertz CT molecular complexity index is 1040. The van der Waals surface area contributed by atoms with Crippen molar-refractivity contribution in [2.75, 3.05) is 13.1 Å². The third kappa shape index (κ3) is 3.47. The number of fused-ring (bicyclic) bond motifs is 1. The molecule has 0 aliphatic carbocycles. The van der Waals surface area contributed by atoms with E-state index in [1.54, 1.807) is 11.6 Å². The molecule has 1 N–H and O–H groups in total. The fourth-order valence-electron chi connectivity index (χ4n) is 3.62. The summed E-state index contributed by atoms with van der Waals surface area (Å²) >= 11 is 0. The van der Waals surface area contributed by atoms with Crippen molar-refractivity contribution in [1.29, 1.82) is 0 Å². The van der Waals surface area contributed by atoms with Gasteiger partial charge in [0.2, 0.25) is 0 Å². The monoisotopic (exact) mass is 366 g/mol. The highest BCUT2D eigenvalue weighted by atomic mass is 16.2. The number of piperidine rings is 1. The first-order chi connectivity index (χ1) is 13.0. The summed E-state index contributed by atoms with van der Waals surface area (Å²) in [6.07, 6.45) is 1.95. The number of rotatable bonds is 3. The van der Waals surface area contributed by atoms with Crippen LogP contribution in [0.5, 0.6) is 0 Å². The summed E-state index contributed by atoms with van der Waals surface area (Å²) in [5, 5.41) is 8.07. The minimum absolute atomic E-state index is 0.0635. The summed E-state index contributed by atoms with van der Waals surface area (Å²) in [5.74, 6) is 0.851. The minimum atomic E-state index is -0.274. The van der Waals surface area contributed by atoms with Crippen LogP contribution in [0.3, 0.4) is 0 Å². The Morgan fingerprint density at radius 2 is 2.04 bits per heavy atom. The van der Waals surface area contributed by atoms with E-state index in [0.717, 1.165) is 30.5 Å². The predicted octanol–water partition coefficient (Wildman–Crippen LogP) is 1.68. The van der Waals surface area contributed by atoms with Crippen molar-refractivity contribution in [3.05, 3.63) is 51.6 Å². The van der Waals surface area contributed by atoms with Gasteiger partial charge in [-0.2, -0.15) is 0 Å². The highest BCUT2D eigenvalue weighted by Gasteiger charge is 2.26. The average Bonchev–Trinajstić information content (AvgIpc) is 3.05. The second kappa shape index (κ2) is 6.94. The van der Waals surface area contributed by atoms with E-state index in [9.17, 15) is 9.59 Å². The number of carbonyl (C=O) groups is 1. The molecule has 1 amide bonds. The summed E-state index contributed by atoms with van der Waals surface area (Å²) < 4.78 is 1.68. The van der Waals surface area contributed by atoms with Crippen molar-refractivity contribution < 1.29 is 4.79 Å². The summed E-state index contributed by atoms with van der Waals surface area (Å²) in [4.78, 5) is 33.7. The summed E-state index contributed by atoms with van der Waals surface area (Å²) in [7, 11) is 0. The lowest BCUT2D eigenvalue weighted by atomic mass is 9.97. The predicted molar refractivity (Wildman–Crippen MR) is 100 cm³/mol. The molecule has 1 fully saturated rings. The van der Waals surface area contributed by atoms with E-state index >= 15 is 0 Å². The van der Waals surface area contributed by atoms with Crippen LogP contribution in [0.1, 0.15) is 34.6 Å². The quantitative estimate of drug-likeness (QED) is 0.761. The number of hydrogen-bond donors (Lipinski definition) is 1. The van der Waals surface area contributed by atoms with Crippen LogP contribution in [0.15, 0.2) is 29.1 Å². The van der Waals surface area contributed by atoms with Crippen molar-refractivity contribution in [3.8, 4) is 0 Å². The minimum Gasteiger partial charge on any atom is -0.338 e. The molecule has 8 nitrogen and oxygen atoms in total. The van der Waals surface area contributed by atoms with Crippen LogP contribution in [0.4, 0.5) is 0 Å². The Balaban J connectivity index is 1.51. The van der Waals surface area contributed by atoms with Crippen LogP contribution in [-0.2, 0) is 6.54 Å². The molecule has 1 aliphatic rings. The van der Waals surface area contributed by atoms with Crippen molar-refractivity contribution in [2.24, 2.45) is 5.92 Å². The molecular formula is C19H22N6O2. The molecule has 2 aromatic heterocycles. The largest absolute Gasteiger partial charge is 0.338 e. The Hall–Kier alpha value is -3.03. The lowest BCUT2D eigenvalue weighted by molar-refractivity contribution is 0.0660. The maximum Gasteiger partial charge on any atom is 0.281 e. The third-order valence-corrected chi connectivity index (χ3v) is 5.03. The SMILES string of the molecule is Cc1ccc(C(=O)N2CCC[C@@H](Cn3nnc4c(=O)[nH]c(C)nc43)C2)cc1. The van der Waals surface area contributed by atoms with Crippen molar-refractivity contribution in [3.63, 3.8) is 0 Å². The van der Waals surface area contributed by atoms with Gasteiger partial charge in [-0.15, -0.1) is 5.10 Å². The Labute approximate surface area is 156 Å². The first-order valence-electron chi connectivity index (χ1n) is 9.17. The molecule has 1 saturated heterocycles. The lowest BCUT2D eigenvalue weighted by Gasteiger charge is -2.32. The summed E-state index contributed by atoms with van der Waals surface area (Å²) in [6, 6.07) is 7.68. The van der Waals surface area contributed by atoms with Crippen molar-refractivity contribution >= 4 is 17.1 Å². The van der Waals surface area contributed by atoms with Gasteiger partial charge in [-0.3, -0.25) is 9.59 Å². The Morgan fingerprint density at radius 3 is 2.81 bits per heavy atom. The number of H-pyrrole nitrogens is 1. The standard InChI is InChI=1S/C19H22N6O2/c1-12-5-7-15(8-6-12)19(27)24-9-3-4-14(10-24)11-25-17-16(22-23-25)18(26)21-13(2)20-17/h5-8,14H,3-4,9-11H2,1-2H3,(H,20,21,26)/t14-/m1/s1. The van der Waals surface area contributed by atoms with Crippen LogP contribution in [-0.4, -0.2) is 48.9 Å². The van der Waals surface area contributed by atoms with E-state index < -0.39 is 0 Å². The number of nitrogens with zero attached hydrogens (tertiary/aromatic N) is 5. The van der Waals surface area contributed by atoms with Gasteiger partial charge in [0.1, 0.15) is 5.82 Å². The zero-order chi connectivity index (χ0) is 19.0. The number of aromatic nitrogens is 5. The van der Waals surface area contributed by atoms with Crippen LogP contribution in [0.2, 0.25) is 0 Å². The van der Waals surface area contributed by atoms with Crippen LogP contribution < -0.4 is 5.56 Å². The molecule has 3 heterocycles. The number of aryl methyl sites for hydroxylation is 2. The molecule has 0 bridgehead atoms. The molecule has 0 saturated carbocycles. The highest BCUT2D eigenvalue weighted by molar-refractivity contribution is 5.94. The molecule has 1 aliphatic heterocycles. The van der Waals surface area contributed by atoms with Gasteiger partial charge in [0.25, 0.3) is 11.5 Å². The highest BCUT2D eigenvalue weighted by Crippen LogP contribution is 2.21. The number of nitrogens with one attached hydrogen (secondary N) is 1. The number of aromatic amines is 1. The molecule has 140 valence electrons. The van der Waals surface area contributed by atoms with E-state index in [2.05, 4.69) is 20.3 Å². The van der Waals surface area contributed by atoms with E-state index in [4.69, 9.17) is 0 Å². The first-order valence-corrected chi connectivity index (χ1v) is 9.17. The van der Waals surface area contributed by atoms with E-state index in [1.807, 2.05) is 36.1 Å². The van der Waals surface area contributed by atoms with E-state index in [1.165, 1.54) is 0 Å². The number of benzene rings is 1. The Morgan fingerprint density at radius 1 is 1.26 bits per heavy atom. The first kappa shape index (κ1) is 17.4. The number of hydrogen-bond acceptors (Lipinski definition) is 5. The smallest absolute Gasteiger partial charge is 0.281 e. The molecule has 3 aromatic rings. The zero-order valence-electron chi connectivity index (χ0n) is 15.5. The maximum absolute atomic E-state index is 12.8. The van der Waals surface area contributed by atoms with Crippen LogP contribution in [0.25, 0.3) is 11.2 Å². The molecular weight excluding hydrogens is 344 g/mol. The number of likely N-dealkylation sites (tertiary alicyclic amines) is 1. The van der Waals surface area contributed by atoms with Gasteiger partial charge in [0, 0.05) is 25.2 Å². The second-order valence-corrected chi connectivity index (χ2v) is 7.22. The van der Waals surface area contributed by atoms with Gasteiger partial charge in [0.15, 0.2) is 11.2 Å². The topological polar surface area (TPSA) is 96.8 Å². The van der Waals surface area contributed by atoms with Crippen LogP contribution >= 0.6 is 0 Å². The third-order valence-electron chi connectivity index (χ3n) is 5.03. The Kier molecular flexibility index (Phi) is 4.47. The molecule has 1 aromatic carbocycles. The van der Waals surface area contributed by atoms with Gasteiger partial charge in [-0.25, -0.2) is 9.67 Å². The lowest BCUT2D eigenvalue weighted by Crippen LogP contribution is -2.41. The zero-order valence-corrected chi connectivity index (χ0v) is 15.5. The molecule has 0 spiro atoms. The average molecular weight is 366 g/mol. The fourth-order valence-corrected chi connectivity index (χ4v) is 3.62. The van der Waals surface area contributed by atoms with Gasteiger partial charge in [-0.1, -0.05) is 22.9 Å². The molecule has 0 unspecified atom stereocenters. The summed E-state index contributed by atoms with van der Waals surface area (Å²) in [6.45, 7) is 5.76. The maximum atomic E-state index is 12.8.